The van der Waals surface area contributed by atoms with Crippen molar-refractivity contribution in [2.45, 2.75) is 31.0 Å². The van der Waals surface area contributed by atoms with E-state index in [2.05, 4.69) is 27.8 Å². The molecular formula is C23H22BrNO3. The summed E-state index contributed by atoms with van der Waals surface area (Å²) in [5.41, 5.74) is -0.0225. The number of hydrogen-bond acceptors (Lipinski definition) is 4. The third-order valence-electron chi connectivity index (χ3n) is 5.40. The Balaban J connectivity index is 2.07. The van der Waals surface area contributed by atoms with Gasteiger partial charge in [0.15, 0.2) is 5.60 Å². The number of ether oxygens (including phenoxy) is 2. The molecule has 1 aliphatic rings. The van der Waals surface area contributed by atoms with Crippen molar-refractivity contribution in [3.05, 3.63) is 88.2 Å². The largest absolute Gasteiger partial charge is 0.495 e. The standard InChI is InChI=1S/C23H22BrNO3/c1-3-13-22(26)21-19(27-2)14-25-15-20(21)28-23(22,16-7-5-4-6-8-16)17-9-11-18(24)12-10-17/h4-12,14-15,26H,3,13H2,1-2H3. The summed E-state index contributed by atoms with van der Waals surface area (Å²) >= 11 is 3.50. The Kier molecular flexibility index (Phi) is 4.89. The average Bonchev–Trinajstić information content (AvgIpc) is 2.99. The minimum atomic E-state index is -1.32. The molecule has 0 saturated heterocycles. The molecule has 4 nitrogen and oxygen atoms in total. The van der Waals surface area contributed by atoms with Crippen LogP contribution in [0.5, 0.6) is 11.5 Å². The quantitative estimate of drug-likeness (QED) is 0.595. The zero-order chi connectivity index (χ0) is 19.8. The van der Waals surface area contributed by atoms with Crippen LogP contribution in [0.15, 0.2) is 71.5 Å². The van der Waals surface area contributed by atoms with E-state index < -0.39 is 11.2 Å². The number of methoxy groups -OCH3 is 1. The number of benzene rings is 2. The summed E-state index contributed by atoms with van der Waals surface area (Å²) in [7, 11) is 1.59. The first-order valence-corrected chi connectivity index (χ1v) is 10.1. The van der Waals surface area contributed by atoms with Gasteiger partial charge in [-0.05, 0) is 18.6 Å². The number of fused-ring (bicyclic) bond motifs is 1. The summed E-state index contributed by atoms with van der Waals surface area (Å²) in [6, 6.07) is 17.8. The van der Waals surface area contributed by atoms with E-state index in [0.717, 1.165) is 22.0 Å². The summed E-state index contributed by atoms with van der Waals surface area (Å²) < 4.78 is 13.1. The molecule has 0 aliphatic carbocycles. The van der Waals surface area contributed by atoms with E-state index in [1.165, 1.54) is 0 Å². The van der Waals surface area contributed by atoms with Crippen molar-refractivity contribution < 1.29 is 14.6 Å². The van der Waals surface area contributed by atoms with Crippen molar-refractivity contribution in [3.63, 3.8) is 0 Å². The Morgan fingerprint density at radius 1 is 1.04 bits per heavy atom. The highest BCUT2D eigenvalue weighted by Gasteiger charge is 2.62. The fourth-order valence-electron chi connectivity index (χ4n) is 4.27. The number of pyridine rings is 1. The highest BCUT2D eigenvalue weighted by Crippen LogP contribution is 2.60. The van der Waals surface area contributed by atoms with Gasteiger partial charge in [-0.1, -0.05) is 71.7 Å². The van der Waals surface area contributed by atoms with E-state index in [9.17, 15) is 5.11 Å². The molecule has 2 aromatic carbocycles. The van der Waals surface area contributed by atoms with Gasteiger partial charge in [0.1, 0.15) is 17.1 Å². The van der Waals surface area contributed by atoms with Crippen LogP contribution in [0.2, 0.25) is 0 Å². The zero-order valence-electron chi connectivity index (χ0n) is 15.9. The molecule has 0 amide bonds. The van der Waals surface area contributed by atoms with Crippen molar-refractivity contribution in [2.75, 3.05) is 7.11 Å². The topological polar surface area (TPSA) is 51.6 Å². The Hall–Kier alpha value is -2.37. The van der Waals surface area contributed by atoms with Gasteiger partial charge in [-0.2, -0.15) is 0 Å². The lowest BCUT2D eigenvalue weighted by molar-refractivity contribution is -0.103. The first-order chi connectivity index (χ1) is 13.6. The monoisotopic (exact) mass is 439 g/mol. The Labute approximate surface area is 173 Å². The molecule has 4 rings (SSSR count). The Bertz CT molecular complexity index is 977. The van der Waals surface area contributed by atoms with Crippen molar-refractivity contribution in [1.29, 1.82) is 0 Å². The molecule has 0 spiro atoms. The molecule has 0 saturated carbocycles. The van der Waals surface area contributed by atoms with E-state index in [4.69, 9.17) is 9.47 Å². The third-order valence-corrected chi connectivity index (χ3v) is 5.93. The molecule has 0 bridgehead atoms. The maximum Gasteiger partial charge on any atom is 0.192 e. The number of rotatable bonds is 5. The molecule has 1 N–H and O–H groups in total. The van der Waals surface area contributed by atoms with Gasteiger partial charge in [0.2, 0.25) is 0 Å². The van der Waals surface area contributed by atoms with Crippen molar-refractivity contribution in [2.24, 2.45) is 0 Å². The Morgan fingerprint density at radius 3 is 2.36 bits per heavy atom. The average molecular weight is 440 g/mol. The van der Waals surface area contributed by atoms with Crippen molar-refractivity contribution in [3.8, 4) is 11.5 Å². The summed E-state index contributed by atoms with van der Waals surface area (Å²) in [5, 5.41) is 12.3. The van der Waals surface area contributed by atoms with E-state index in [1.807, 2.05) is 54.6 Å². The fourth-order valence-corrected chi connectivity index (χ4v) is 4.54. The van der Waals surface area contributed by atoms with Gasteiger partial charge in [-0.3, -0.25) is 4.98 Å². The first-order valence-electron chi connectivity index (χ1n) is 9.32. The second-order valence-electron chi connectivity index (χ2n) is 6.98. The second-order valence-corrected chi connectivity index (χ2v) is 7.90. The first kappa shape index (κ1) is 19.0. The minimum Gasteiger partial charge on any atom is -0.495 e. The summed E-state index contributed by atoms with van der Waals surface area (Å²) in [5.74, 6) is 1.07. The fraction of sp³-hybridized carbons (Fsp3) is 0.261. The number of aliphatic hydroxyl groups is 1. The molecule has 2 atom stereocenters. The highest BCUT2D eigenvalue weighted by molar-refractivity contribution is 9.10. The van der Waals surface area contributed by atoms with Crippen LogP contribution in [0.4, 0.5) is 0 Å². The van der Waals surface area contributed by atoms with Crippen LogP contribution < -0.4 is 9.47 Å². The molecule has 3 aromatic rings. The molecular weight excluding hydrogens is 418 g/mol. The van der Waals surface area contributed by atoms with Crippen molar-refractivity contribution in [1.82, 2.24) is 4.98 Å². The van der Waals surface area contributed by atoms with Gasteiger partial charge < -0.3 is 14.6 Å². The van der Waals surface area contributed by atoms with Gasteiger partial charge in [0, 0.05) is 15.6 Å². The second kappa shape index (κ2) is 7.22. The maximum absolute atomic E-state index is 12.3. The maximum atomic E-state index is 12.3. The van der Waals surface area contributed by atoms with E-state index in [1.54, 1.807) is 19.5 Å². The molecule has 2 unspecified atom stereocenters. The van der Waals surface area contributed by atoms with Crippen LogP contribution in [0.3, 0.4) is 0 Å². The lowest BCUT2D eigenvalue weighted by atomic mass is 9.69. The van der Waals surface area contributed by atoms with Gasteiger partial charge in [-0.25, -0.2) is 0 Å². The normalized spacial score (nSPS) is 23.1. The molecule has 144 valence electrons. The van der Waals surface area contributed by atoms with Crippen LogP contribution in [-0.2, 0) is 11.2 Å². The SMILES string of the molecule is CCCC1(O)c2c(OC)cncc2OC1(c1ccccc1)c1ccc(Br)cc1. The molecule has 1 aliphatic heterocycles. The highest BCUT2D eigenvalue weighted by atomic mass is 79.9. The van der Waals surface area contributed by atoms with Crippen LogP contribution in [-0.4, -0.2) is 17.2 Å². The molecule has 0 fully saturated rings. The minimum absolute atomic E-state index is 0.505. The van der Waals surface area contributed by atoms with Gasteiger partial charge in [0.05, 0.1) is 25.1 Å². The van der Waals surface area contributed by atoms with Gasteiger partial charge in [-0.15, -0.1) is 0 Å². The summed E-state index contributed by atoms with van der Waals surface area (Å²) in [4.78, 5) is 4.25. The summed E-state index contributed by atoms with van der Waals surface area (Å²) in [6.07, 6.45) is 4.56. The van der Waals surface area contributed by atoms with Crippen LogP contribution in [0.1, 0.15) is 36.5 Å². The number of aromatic nitrogens is 1. The molecule has 0 radical (unpaired) electrons. The zero-order valence-corrected chi connectivity index (χ0v) is 17.4. The van der Waals surface area contributed by atoms with Crippen molar-refractivity contribution >= 4 is 15.9 Å². The number of nitrogens with zero attached hydrogens (tertiary/aromatic N) is 1. The lowest BCUT2D eigenvalue weighted by Gasteiger charge is -2.42. The smallest absolute Gasteiger partial charge is 0.192 e. The molecule has 5 heteroatoms. The number of halogens is 1. The Morgan fingerprint density at radius 2 is 1.71 bits per heavy atom. The predicted molar refractivity (Wildman–Crippen MR) is 112 cm³/mol. The van der Waals surface area contributed by atoms with Crippen LogP contribution >= 0.6 is 15.9 Å². The molecule has 2 heterocycles. The lowest BCUT2D eigenvalue weighted by Crippen LogP contribution is -2.50. The van der Waals surface area contributed by atoms with E-state index in [0.29, 0.717) is 23.5 Å². The van der Waals surface area contributed by atoms with Crippen LogP contribution in [0, 0.1) is 0 Å². The summed E-state index contributed by atoms with van der Waals surface area (Å²) in [6.45, 7) is 2.06. The predicted octanol–water partition coefficient (Wildman–Crippen LogP) is 5.18. The third kappa shape index (κ3) is 2.65. The van der Waals surface area contributed by atoms with E-state index in [-0.39, 0.29) is 0 Å². The van der Waals surface area contributed by atoms with Gasteiger partial charge >= 0.3 is 0 Å². The molecule has 28 heavy (non-hydrogen) atoms. The van der Waals surface area contributed by atoms with Gasteiger partial charge in [0.25, 0.3) is 0 Å². The number of hydrogen-bond donors (Lipinski definition) is 1. The van der Waals surface area contributed by atoms with Crippen LogP contribution in [0.25, 0.3) is 0 Å². The molecule has 1 aromatic heterocycles. The van der Waals surface area contributed by atoms with E-state index >= 15 is 0 Å².